The lowest BCUT2D eigenvalue weighted by Crippen LogP contribution is -2.40. The topological polar surface area (TPSA) is 75.7 Å². The summed E-state index contributed by atoms with van der Waals surface area (Å²) in [6, 6.07) is 14.2. The molecular weight excluding hydrogens is 376 g/mol. The first-order valence-corrected chi connectivity index (χ1v) is 11.1. The Morgan fingerprint density at radius 3 is 2.54 bits per heavy atom. The molecule has 3 rings (SSSR count). The number of nitrogens with zero attached hydrogens (tertiary/aromatic N) is 1. The molecule has 150 valence electrons. The number of morpholine rings is 1. The Labute approximate surface area is 166 Å². The van der Waals surface area contributed by atoms with Crippen LogP contribution >= 0.6 is 0 Å². The van der Waals surface area contributed by atoms with E-state index in [2.05, 4.69) is 5.32 Å². The largest absolute Gasteiger partial charge is 0.385 e. The van der Waals surface area contributed by atoms with Crippen molar-refractivity contribution in [3.63, 3.8) is 0 Å². The molecule has 2 aromatic carbocycles. The van der Waals surface area contributed by atoms with E-state index < -0.39 is 9.84 Å². The van der Waals surface area contributed by atoms with Crippen molar-refractivity contribution in [2.75, 3.05) is 43.9 Å². The summed E-state index contributed by atoms with van der Waals surface area (Å²) in [6.07, 6.45) is 0.484. The summed E-state index contributed by atoms with van der Waals surface area (Å²) in [5.41, 5.74) is 2.47. The van der Waals surface area contributed by atoms with Crippen LogP contribution in [0.1, 0.15) is 22.3 Å². The second-order valence-corrected chi connectivity index (χ2v) is 9.01. The van der Waals surface area contributed by atoms with E-state index in [4.69, 9.17) is 4.74 Å². The number of benzene rings is 2. The maximum atomic E-state index is 12.6. The maximum Gasteiger partial charge on any atom is 0.254 e. The van der Waals surface area contributed by atoms with Crippen molar-refractivity contribution >= 4 is 21.4 Å². The van der Waals surface area contributed by atoms with Crippen LogP contribution in [0.3, 0.4) is 0 Å². The summed E-state index contributed by atoms with van der Waals surface area (Å²) in [4.78, 5) is 14.7. The Morgan fingerprint density at radius 2 is 1.82 bits per heavy atom. The number of rotatable bonds is 7. The maximum absolute atomic E-state index is 12.6. The zero-order chi connectivity index (χ0) is 20.0. The summed E-state index contributed by atoms with van der Waals surface area (Å²) in [7, 11) is -3.28. The highest BCUT2D eigenvalue weighted by atomic mass is 32.2. The number of carbonyl (C=O) groups excluding carboxylic acids is 1. The Hall–Kier alpha value is -2.38. The molecule has 0 radical (unpaired) electrons. The predicted octanol–water partition coefficient (Wildman–Crippen LogP) is 2.74. The Balaban J connectivity index is 1.52. The van der Waals surface area contributed by atoms with Gasteiger partial charge in [-0.2, -0.15) is 0 Å². The molecule has 2 aromatic rings. The van der Waals surface area contributed by atoms with Gasteiger partial charge in [0.05, 0.1) is 23.9 Å². The van der Waals surface area contributed by atoms with Crippen LogP contribution in [-0.2, 0) is 14.6 Å². The van der Waals surface area contributed by atoms with E-state index in [0.717, 1.165) is 11.3 Å². The summed E-state index contributed by atoms with van der Waals surface area (Å²) in [5.74, 6) is 0.0732. The van der Waals surface area contributed by atoms with Crippen LogP contribution in [0.25, 0.3) is 0 Å². The molecular formula is C21H26N2O4S. The predicted molar refractivity (Wildman–Crippen MR) is 110 cm³/mol. The fourth-order valence-corrected chi connectivity index (χ4v) is 4.38. The lowest BCUT2D eigenvalue weighted by Gasteiger charge is -2.27. The molecule has 0 spiro atoms. The van der Waals surface area contributed by atoms with Crippen LogP contribution < -0.4 is 5.32 Å². The monoisotopic (exact) mass is 402 g/mol. The van der Waals surface area contributed by atoms with Crippen molar-refractivity contribution in [3.8, 4) is 0 Å². The number of hydrogen-bond acceptors (Lipinski definition) is 5. The number of anilines is 1. The molecule has 1 amide bonds. The number of carbonyl (C=O) groups is 1. The first kappa shape index (κ1) is 20.4. The van der Waals surface area contributed by atoms with Crippen molar-refractivity contribution in [3.05, 3.63) is 59.7 Å². The van der Waals surface area contributed by atoms with Gasteiger partial charge >= 0.3 is 0 Å². The van der Waals surface area contributed by atoms with Crippen molar-refractivity contribution in [1.82, 2.24) is 4.90 Å². The highest BCUT2D eigenvalue weighted by molar-refractivity contribution is 7.91. The lowest BCUT2D eigenvalue weighted by atomic mass is 10.1. The SMILES string of the molecule is Cc1ccc(S(=O)(=O)CCCNc2cccc(C(=O)N3CCOCC3)c2)cc1. The average Bonchev–Trinajstić information content (AvgIpc) is 2.72. The second-order valence-electron chi connectivity index (χ2n) is 6.90. The quantitative estimate of drug-likeness (QED) is 0.721. The molecule has 1 aliphatic rings. The van der Waals surface area contributed by atoms with Crippen molar-refractivity contribution in [1.29, 1.82) is 0 Å². The van der Waals surface area contributed by atoms with Crippen molar-refractivity contribution in [2.24, 2.45) is 0 Å². The molecule has 1 aliphatic heterocycles. The second kappa shape index (κ2) is 9.21. The van der Waals surface area contributed by atoms with Gasteiger partial charge in [0.25, 0.3) is 5.91 Å². The number of nitrogens with one attached hydrogen (secondary N) is 1. The first-order valence-electron chi connectivity index (χ1n) is 9.46. The van der Waals surface area contributed by atoms with Gasteiger partial charge < -0.3 is 15.0 Å². The molecule has 1 heterocycles. The van der Waals surface area contributed by atoms with E-state index in [1.165, 1.54) is 0 Å². The lowest BCUT2D eigenvalue weighted by molar-refractivity contribution is 0.0303. The van der Waals surface area contributed by atoms with Gasteiger partial charge in [0, 0.05) is 30.9 Å². The van der Waals surface area contributed by atoms with E-state index in [-0.39, 0.29) is 11.7 Å². The number of aryl methyl sites for hydroxylation is 1. The van der Waals surface area contributed by atoms with Crippen molar-refractivity contribution < 1.29 is 17.9 Å². The van der Waals surface area contributed by atoms with E-state index in [0.29, 0.717) is 49.7 Å². The summed E-state index contributed by atoms with van der Waals surface area (Å²) in [6.45, 7) is 4.79. The van der Waals surface area contributed by atoms with E-state index in [1.807, 2.05) is 37.3 Å². The van der Waals surface area contributed by atoms with Gasteiger partial charge in [0.15, 0.2) is 9.84 Å². The van der Waals surface area contributed by atoms with Crippen LogP contribution in [0.15, 0.2) is 53.4 Å². The van der Waals surface area contributed by atoms with Gasteiger partial charge in [-0.25, -0.2) is 8.42 Å². The van der Waals surface area contributed by atoms with Gasteiger partial charge in [-0.1, -0.05) is 23.8 Å². The molecule has 0 atom stereocenters. The van der Waals surface area contributed by atoms with E-state index >= 15 is 0 Å². The third kappa shape index (κ3) is 5.33. The summed E-state index contributed by atoms with van der Waals surface area (Å²) >= 11 is 0. The van der Waals surface area contributed by atoms with Crippen LogP contribution in [-0.4, -0.2) is 57.8 Å². The number of hydrogen-bond donors (Lipinski definition) is 1. The molecule has 1 N–H and O–H groups in total. The van der Waals surface area contributed by atoms with E-state index in [1.54, 1.807) is 23.1 Å². The molecule has 0 aromatic heterocycles. The number of sulfone groups is 1. The van der Waals surface area contributed by atoms with Crippen LogP contribution in [0.4, 0.5) is 5.69 Å². The van der Waals surface area contributed by atoms with Gasteiger partial charge in [-0.3, -0.25) is 4.79 Å². The molecule has 0 unspecified atom stereocenters. The molecule has 0 saturated carbocycles. The van der Waals surface area contributed by atoms with Gasteiger partial charge in [0.1, 0.15) is 0 Å². The minimum Gasteiger partial charge on any atom is -0.385 e. The number of ether oxygens (including phenoxy) is 1. The van der Waals surface area contributed by atoms with Crippen LogP contribution in [0.2, 0.25) is 0 Å². The molecule has 1 fully saturated rings. The fraction of sp³-hybridized carbons (Fsp3) is 0.381. The Bertz CT molecular complexity index is 904. The molecule has 1 saturated heterocycles. The van der Waals surface area contributed by atoms with Crippen LogP contribution in [0.5, 0.6) is 0 Å². The third-order valence-corrected chi connectivity index (χ3v) is 6.52. The minimum absolute atomic E-state index is 0.00565. The summed E-state index contributed by atoms with van der Waals surface area (Å²) in [5, 5.41) is 3.22. The van der Waals surface area contributed by atoms with Gasteiger partial charge in [-0.05, 0) is 43.7 Å². The third-order valence-electron chi connectivity index (χ3n) is 4.71. The zero-order valence-electron chi connectivity index (χ0n) is 16.1. The normalized spacial score (nSPS) is 14.7. The van der Waals surface area contributed by atoms with Crippen molar-refractivity contribution in [2.45, 2.75) is 18.2 Å². The molecule has 28 heavy (non-hydrogen) atoms. The highest BCUT2D eigenvalue weighted by Crippen LogP contribution is 2.15. The average molecular weight is 403 g/mol. The molecule has 6 nitrogen and oxygen atoms in total. The Kier molecular flexibility index (Phi) is 6.70. The molecule has 0 aliphatic carbocycles. The standard InChI is InChI=1S/C21H26N2O4S/c1-17-6-8-20(9-7-17)28(25,26)15-3-10-22-19-5-2-4-18(16-19)21(24)23-11-13-27-14-12-23/h2,4-9,16,22H,3,10-15H2,1H3. The Morgan fingerprint density at radius 1 is 1.11 bits per heavy atom. The smallest absolute Gasteiger partial charge is 0.254 e. The van der Waals surface area contributed by atoms with Gasteiger partial charge in [-0.15, -0.1) is 0 Å². The molecule has 0 bridgehead atoms. The zero-order valence-corrected chi connectivity index (χ0v) is 16.9. The summed E-state index contributed by atoms with van der Waals surface area (Å²) < 4.78 is 30.1. The minimum atomic E-state index is -3.28. The first-order chi connectivity index (χ1) is 13.5. The number of amides is 1. The molecule has 7 heteroatoms. The van der Waals surface area contributed by atoms with Crippen LogP contribution in [0, 0.1) is 6.92 Å². The highest BCUT2D eigenvalue weighted by Gasteiger charge is 2.18. The van der Waals surface area contributed by atoms with Gasteiger partial charge in [0.2, 0.25) is 0 Å². The van der Waals surface area contributed by atoms with E-state index in [9.17, 15) is 13.2 Å². The fourth-order valence-electron chi connectivity index (χ4n) is 3.07.